The van der Waals surface area contributed by atoms with Gasteiger partial charge >= 0.3 is 0 Å². The zero-order chi connectivity index (χ0) is 15.2. The van der Waals surface area contributed by atoms with E-state index in [1.54, 1.807) is 24.3 Å². The summed E-state index contributed by atoms with van der Waals surface area (Å²) in [4.78, 5) is 22.1. The molecule has 0 aliphatic heterocycles. The first kappa shape index (κ1) is 17.1. The lowest BCUT2D eigenvalue weighted by atomic mass is 10.2. The van der Waals surface area contributed by atoms with E-state index in [2.05, 4.69) is 5.32 Å². The Morgan fingerprint density at radius 2 is 1.95 bits per heavy atom. The van der Waals surface area contributed by atoms with Crippen LogP contribution in [0.25, 0.3) is 0 Å². The van der Waals surface area contributed by atoms with Crippen LogP contribution in [0.15, 0.2) is 24.3 Å². The zero-order valence-corrected chi connectivity index (χ0v) is 13.0. The van der Waals surface area contributed by atoms with E-state index in [0.29, 0.717) is 30.4 Å². The highest BCUT2D eigenvalue weighted by Gasteiger charge is 2.36. The molecule has 0 heterocycles. The molecule has 7 heteroatoms. The molecule has 4 nitrogen and oxygen atoms in total. The zero-order valence-electron chi connectivity index (χ0n) is 10.7. The van der Waals surface area contributed by atoms with E-state index in [-0.39, 0.29) is 5.91 Å². The number of ether oxygens (including phenoxy) is 1. The molecule has 110 valence electrons. The third kappa shape index (κ3) is 5.57. The molecule has 1 N–H and O–H groups in total. The second-order valence-corrected chi connectivity index (χ2v) is 6.41. The molecule has 0 fully saturated rings. The third-order valence-corrected chi connectivity index (χ3v) is 2.93. The standard InChI is InChI=1S/C13H14Cl3NO3/c1-2-3-11(19)17-12(13(14,15)16)20-10-6-4-9(8-18)5-7-10/h4-8,12H,2-3H2,1H3,(H,17,19)/t12-/m1/s1. The fourth-order valence-electron chi connectivity index (χ4n) is 1.38. The Hall–Kier alpha value is -0.970. The smallest absolute Gasteiger partial charge is 0.246 e. The molecule has 1 amide bonds. The van der Waals surface area contributed by atoms with Crippen molar-refractivity contribution in [3.05, 3.63) is 29.8 Å². The summed E-state index contributed by atoms with van der Waals surface area (Å²) in [6.45, 7) is 1.86. The highest BCUT2D eigenvalue weighted by molar-refractivity contribution is 6.68. The number of alkyl halides is 3. The first-order valence-corrected chi connectivity index (χ1v) is 7.08. The molecule has 0 aromatic heterocycles. The van der Waals surface area contributed by atoms with Gasteiger partial charge in [0.1, 0.15) is 12.0 Å². The van der Waals surface area contributed by atoms with E-state index in [0.717, 1.165) is 0 Å². The number of halogens is 3. The third-order valence-electron chi connectivity index (χ3n) is 2.34. The maximum absolute atomic E-state index is 11.6. The molecule has 0 aliphatic rings. The van der Waals surface area contributed by atoms with Crippen molar-refractivity contribution in [1.29, 1.82) is 0 Å². The summed E-state index contributed by atoms with van der Waals surface area (Å²) in [5.74, 6) is 0.108. The lowest BCUT2D eigenvalue weighted by Gasteiger charge is -2.26. The normalized spacial score (nSPS) is 12.6. The summed E-state index contributed by atoms with van der Waals surface area (Å²) in [7, 11) is 0. The fourth-order valence-corrected chi connectivity index (χ4v) is 1.68. The number of rotatable bonds is 6. The Labute approximate surface area is 132 Å². The lowest BCUT2D eigenvalue weighted by Crippen LogP contribution is -2.47. The van der Waals surface area contributed by atoms with Crippen molar-refractivity contribution < 1.29 is 14.3 Å². The van der Waals surface area contributed by atoms with Gasteiger partial charge in [-0.3, -0.25) is 9.59 Å². The molecular weight excluding hydrogens is 325 g/mol. The SMILES string of the molecule is CCCC(=O)N[C@H](Oc1ccc(C=O)cc1)C(Cl)(Cl)Cl. The number of benzene rings is 1. The van der Waals surface area contributed by atoms with Gasteiger partial charge < -0.3 is 10.1 Å². The van der Waals surface area contributed by atoms with Crippen molar-refractivity contribution in [2.45, 2.75) is 29.8 Å². The molecule has 1 aromatic rings. The summed E-state index contributed by atoms with van der Waals surface area (Å²) in [6.07, 6.45) is 0.574. The predicted molar refractivity (Wildman–Crippen MR) is 79.6 cm³/mol. The van der Waals surface area contributed by atoms with Gasteiger partial charge in [0.2, 0.25) is 15.9 Å². The Balaban J connectivity index is 2.78. The molecular formula is C13H14Cl3NO3. The van der Waals surface area contributed by atoms with Gasteiger partial charge in [-0.25, -0.2) is 0 Å². The van der Waals surface area contributed by atoms with Gasteiger partial charge in [-0.05, 0) is 30.7 Å². The first-order valence-electron chi connectivity index (χ1n) is 5.94. The molecule has 0 spiro atoms. The van der Waals surface area contributed by atoms with Crippen LogP contribution in [-0.4, -0.2) is 22.2 Å². The summed E-state index contributed by atoms with van der Waals surface area (Å²) in [5, 5.41) is 2.51. The molecule has 0 radical (unpaired) electrons. The van der Waals surface area contributed by atoms with Gasteiger partial charge in [0.05, 0.1) is 0 Å². The molecule has 20 heavy (non-hydrogen) atoms. The molecule has 1 atom stereocenters. The molecule has 0 saturated carbocycles. The van der Waals surface area contributed by atoms with Crippen LogP contribution < -0.4 is 10.1 Å². The van der Waals surface area contributed by atoms with Gasteiger partial charge in [0, 0.05) is 12.0 Å². The van der Waals surface area contributed by atoms with Crippen molar-refractivity contribution in [2.24, 2.45) is 0 Å². The second kappa shape index (κ2) is 7.72. The van der Waals surface area contributed by atoms with E-state index < -0.39 is 10.0 Å². The number of carbonyl (C=O) groups excluding carboxylic acids is 2. The van der Waals surface area contributed by atoms with Crippen LogP contribution in [0.1, 0.15) is 30.1 Å². The van der Waals surface area contributed by atoms with Crippen molar-refractivity contribution >= 4 is 47.0 Å². The van der Waals surface area contributed by atoms with E-state index in [9.17, 15) is 9.59 Å². The lowest BCUT2D eigenvalue weighted by molar-refractivity contribution is -0.123. The number of carbonyl (C=O) groups is 2. The minimum atomic E-state index is -1.81. The Morgan fingerprint density at radius 3 is 2.40 bits per heavy atom. The molecule has 0 unspecified atom stereocenters. The minimum absolute atomic E-state index is 0.270. The highest BCUT2D eigenvalue weighted by Crippen LogP contribution is 2.32. The van der Waals surface area contributed by atoms with Crippen LogP contribution in [0, 0.1) is 0 Å². The van der Waals surface area contributed by atoms with Crippen molar-refractivity contribution in [3.63, 3.8) is 0 Å². The van der Waals surface area contributed by atoms with Gasteiger partial charge in [-0.15, -0.1) is 0 Å². The molecule has 0 bridgehead atoms. The number of hydrogen-bond acceptors (Lipinski definition) is 3. The monoisotopic (exact) mass is 337 g/mol. The first-order chi connectivity index (χ1) is 9.36. The van der Waals surface area contributed by atoms with Gasteiger partial charge in [-0.1, -0.05) is 41.7 Å². The van der Waals surface area contributed by atoms with Crippen molar-refractivity contribution in [3.8, 4) is 5.75 Å². The predicted octanol–water partition coefficient (Wildman–Crippen LogP) is 3.49. The fraction of sp³-hybridized carbons (Fsp3) is 0.385. The highest BCUT2D eigenvalue weighted by atomic mass is 35.6. The summed E-state index contributed by atoms with van der Waals surface area (Å²) < 4.78 is 3.64. The van der Waals surface area contributed by atoms with E-state index in [4.69, 9.17) is 39.5 Å². The number of hydrogen-bond donors (Lipinski definition) is 1. The van der Waals surface area contributed by atoms with E-state index in [1.807, 2.05) is 6.92 Å². The minimum Gasteiger partial charge on any atom is -0.466 e. The van der Waals surface area contributed by atoms with Crippen LogP contribution in [0.5, 0.6) is 5.75 Å². The van der Waals surface area contributed by atoms with Crippen LogP contribution in [0.3, 0.4) is 0 Å². The number of nitrogens with one attached hydrogen (secondary N) is 1. The maximum Gasteiger partial charge on any atom is 0.246 e. The van der Waals surface area contributed by atoms with E-state index >= 15 is 0 Å². The van der Waals surface area contributed by atoms with E-state index in [1.165, 1.54) is 0 Å². The topological polar surface area (TPSA) is 55.4 Å². The molecule has 1 rings (SSSR count). The van der Waals surface area contributed by atoms with Crippen LogP contribution in [0.2, 0.25) is 0 Å². The molecule has 1 aromatic carbocycles. The largest absolute Gasteiger partial charge is 0.466 e. The summed E-state index contributed by atoms with van der Waals surface area (Å²) in [5.41, 5.74) is 0.498. The van der Waals surface area contributed by atoms with Crippen molar-refractivity contribution in [2.75, 3.05) is 0 Å². The summed E-state index contributed by atoms with van der Waals surface area (Å²) in [6, 6.07) is 6.23. The van der Waals surface area contributed by atoms with Gasteiger partial charge in [0.15, 0.2) is 0 Å². The average molecular weight is 339 g/mol. The number of aldehydes is 1. The Morgan fingerprint density at radius 1 is 1.35 bits per heavy atom. The maximum atomic E-state index is 11.6. The van der Waals surface area contributed by atoms with Crippen LogP contribution >= 0.6 is 34.8 Å². The van der Waals surface area contributed by atoms with Gasteiger partial charge in [0.25, 0.3) is 0 Å². The molecule has 0 saturated heterocycles. The number of amides is 1. The van der Waals surface area contributed by atoms with Gasteiger partial charge in [-0.2, -0.15) is 0 Å². The quantitative estimate of drug-likeness (QED) is 0.491. The second-order valence-electron chi connectivity index (χ2n) is 4.04. The Bertz CT molecular complexity index is 457. The average Bonchev–Trinajstić information content (AvgIpc) is 2.38. The van der Waals surface area contributed by atoms with Crippen LogP contribution in [0.4, 0.5) is 0 Å². The van der Waals surface area contributed by atoms with Crippen molar-refractivity contribution in [1.82, 2.24) is 5.32 Å². The Kier molecular flexibility index (Phi) is 6.59. The molecule has 0 aliphatic carbocycles. The van der Waals surface area contributed by atoms with Crippen LogP contribution in [-0.2, 0) is 4.79 Å². The summed E-state index contributed by atoms with van der Waals surface area (Å²) >= 11 is 17.4.